The largest absolute Gasteiger partial charge is 0.377 e. The molecule has 3 heterocycles. The molecule has 2 aliphatic rings. The van der Waals surface area contributed by atoms with Crippen LogP contribution in [0.2, 0.25) is 0 Å². The normalized spacial score (nSPS) is 14.8. The third-order valence-electron chi connectivity index (χ3n) is 10.3. The minimum Gasteiger partial charge on any atom is -0.377 e. The van der Waals surface area contributed by atoms with Gasteiger partial charge in [0, 0.05) is 58.9 Å². The Bertz CT molecular complexity index is 2590. The zero-order valence-electron chi connectivity index (χ0n) is 35.0. The summed E-state index contributed by atoms with van der Waals surface area (Å²) in [5.41, 5.74) is 2.15. The fourth-order valence-corrected chi connectivity index (χ4v) is 8.49. The van der Waals surface area contributed by atoms with Gasteiger partial charge in [0.05, 0.1) is 49.3 Å². The van der Waals surface area contributed by atoms with Crippen LogP contribution in [0.15, 0.2) is 76.4 Å². The van der Waals surface area contributed by atoms with Crippen molar-refractivity contribution in [1.29, 1.82) is 0 Å². The monoisotopic (exact) mass is 1020 g/mol. The van der Waals surface area contributed by atoms with Gasteiger partial charge < -0.3 is 35.1 Å². The molecule has 1 aromatic heterocycles. The summed E-state index contributed by atoms with van der Waals surface area (Å²) in [6.07, 6.45) is 0.888. The number of amides is 5. The van der Waals surface area contributed by atoms with E-state index in [2.05, 4.69) is 26.0 Å². The molecule has 18 nitrogen and oxygen atoms in total. The Morgan fingerprint density at radius 2 is 1.61 bits per heavy atom. The Morgan fingerprint density at radius 1 is 0.891 bits per heavy atom. The number of rotatable bonds is 21. The first-order valence-corrected chi connectivity index (χ1v) is 22.8. The number of anilines is 4. The molecule has 0 saturated carbocycles. The molecular weight excluding hydrogens is 968 g/mol. The highest BCUT2D eigenvalue weighted by molar-refractivity contribution is 14.1. The quantitative estimate of drug-likeness (QED) is 0.0459. The zero-order valence-corrected chi connectivity index (χ0v) is 37.9. The van der Waals surface area contributed by atoms with Gasteiger partial charge in [-0.05, 0) is 96.5 Å². The average molecular weight is 1020 g/mol. The van der Waals surface area contributed by atoms with Crippen LogP contribution >= 0.6 is 22.6 Å². The summed E-state index contributed by atoms with van der Waals surface area (Å²) in [6, 6.07) is 16.1. The van der Waals surface area contributed by atoms with E-state index in [1.165, 1.54) is 46.8 Å². The number of aromatic nitrogens is 1. The Balaban J connectivity index is 0.830. The van der Waals surface area contributed by atoms with E-state index in [9.17, 15) is 41.6 Å². The fourth-order valence-electron chi connectivity index (χ4n) is 6.98. The van der Waals surface area contributed by atoms with Crippen LogP contribution in [0.25, 0.3) is 0 Å². The summed E-state index contributed by atoms with van der Waals surface area (Å²) in [7, 11) is -2.68. The first-order chi connectivity index (χ1) is 30.6. The average Bonchev–Trinajstić information content (AvgIpc) is 3.59. The number of benzene rings is 3. The molecule has 0 radical (unpaired) electrons. The number of hydrogen-bond donors (Lipinski definition) is 5. The van der Waals surface area contributed by atoms with Crippen molar-refractivity contribution in [3.8, 4) is 0 Å². The van der Waals surface area contributed by atoms with Gasteiger partial charge in [0.15, 0.2) is 0 Å². The van der Waals surface area contributed by atoms with Gasteiger partial charge in [0.25, 0.3) is 21.5 Å². The second-order valence-electron chi connectivity index (χ2n) is 14.9. The van der Waals surface area contributed by atoms with Crippen LogP contribution in [0, 0.1) is 16.3 Å². The molecular formula is C43H47FIN7O11S. The molecule has 2 aliphatic heterocycles. The van der Waals surface area contributed by atoms with Crippen molar-refractivity contribution >= 4 is 85.0 Å². The SMILES string of the molecule is Cc1cc(NS(=O)(=O)c2ccc(CCC(=O)NCCOCCOCCOCC(=O)Nc3cccc4c3CN(C3CCC(=O)NC3=O)C4=O)cc2)c(Nc2ccc(I)cc2F)n(C)c1=O. The predicted molar refractivity (Wildman–Crippen MR) is 241 cm³/mol. The summed E-state index contributed by atoms with van der Waals surface area (Å²) in [6.45, 7) is 2.80. The van der Waals surface area contributed by atoms with E-state index in [0.29, 0.717) is 26.8 Å². The van der Waals surface area contributed by atoms with Crippen molar-refractivity contribution in [2.45, 2.75) is 50.1 Å². The molecule has 1 saturated heterocycles. The number of nitrogens with zero attached hydrogens (tertiary/aromatic N) is 2. The van der Waals surface area contributed by atoms with Crippen LogP contribution in [-0.2, 0) is 63.4 Å². The molecule has 0 spiro atoms. The topological polar surface area (TPSA) is 233 Å². The number of nitrogens with one attached hydrogen (secondary N) is 5. The lowest BCUT2D eigenvalue weighted by atomic mass is 10.0. The first kappa shape index (κ1) is 47.7. The minimum absolute atomic E-state index is 0.0504. The number of sulfonamides is 1. The third kappa shape index (κ3) is 12.3. The summed E-state index contributed by atoms with van der Waals surface area (Å²) >= 11 is 1.97. The van der Waals surface area contributed by atoms with Crippen molar-refractivity contribution in [3.05, 3.63) is 109 Å². The molecule has 64 heavy (non-hydrogen) atoms. The van der Waals surface area contributed by atoms with E-state index in [-0.39, 0.29) is 123 Å². The molecule has 21 heteroatoms. The number of carbonyl (C=O) groups is 5. The van der Waals surface area contributed by atoms with Crippen LogP contribution in [0.5, 0.6) is 0 Å². The lowest BCUT2D eigenvalue weighted by Gasteiger charge is -2.29. The van der Waals surface area contributed by atoms with Crippen molar-refractivity contribution in [2.24, 2.45) is 7.05 Å². The number of imide groups is 1. The third-order valence-corrected chi connectivity index (χ3v) is 12.4. The van der Waals surface area contributed by atoms with Gasteiger partial charge in [-0.15, -0.1) is 0 Å². The molecule has 3 aromatic carbocycles. The van der Waals surface area contributed by atoms with Gasteiger partial charge in [-0.2, -0.15) is 0 Å². The van der Waals surface area contributed by atoms with Crippen LogP contribution in [0.1, 0.15) is 46.3 Å². The maximum Gasteiger partial charge on any atom is 0.262 e. The van der Waals surface area contributed by atoms with E-state index in [4.69, 9.17) is 14.2 Å². The number of aryl methyl sites for hydroxylation is 2. The fraction of sp³-hybridized carbons (Fsp3) is 0.349. The van der Waals surface area contributed by atoms with Gasteiger partial charge >= 0.3 is 0 Å². The predicted octanol–water partition coefficient (Wildman–Crippen LogP) is 3.48. The molecule has 1 atom stereocenters. The number of fused-ring (bicyclic) bond motifs is 1. The lowest BCUT2D eigenvalue weighted by Crippen LogP contribution is -2.52. The van der Waals surface area contributed by atoms with E-state index in [1.54, 1.807) is 43.3 Å². The summed E-state index contributed by atoms with van der Waals surface area (Å²) in [5, 5.41) is 10.6. The Labute approximate surface area is 381 Å². The molecule has 340 valence electrons. The number of pyridine rings is 1. The smallest absolute Gasteiger partial charge is 0.262 e. The van der Waals surface area contributed by atoms with Crippen LogP contribution in [0.3, 0.4) is 0 Å². The van der Waals surface area contributed by atoms with Gasteiger partial charge in [0.1, 0.15) is 24.3 Å². The Morgan fingerprint density at radius 3 is 2.33 bits per heavy atom. The molecule has 6 rings (SSSR count). The second-order valence-corrected chi connectivity index (χ2v) is 17.8. The van der Waals surface area contributed by atoms with Gasteiger partial charge in [-0.3, -0.25) is 43.4 Å². The van der Waals surface area contributed by atoms with E-state index in [0.717, 1.165) is 5.56 Å². The number of carbonyl (C=O) groups excluding carboxylic acids is 5. The minimum atomic E-state index is -4.14. The highest BCUT2D eigenvalue weighted by Gasteiger charge is 2.40. The van der Waals surface area contributed by atoms with Gasteiger partial charge in [0.2, 0.25) is 23.6 Å². The molecule has 5 N–H and O–H groups in total. The van der Waals surface area contributed by atoms with Crippen molar-refractivity contribution < 1.29 is 51.0 Å². The van der Waals surface area contributed by atoms with E-state index >= 15 is 0 Å². The van der Waals surface area contributed by atoms with Crippen LogP contribution in [0.4, 0.5) is 27.3 Å². The molecule has 1 unspecified atom stereocenters. The Kier molecular flexibility index (Phi) is 16.2. The first-order valence-electron chi connectivity index (χ1n) is 20.2. The summed E-state index contributed by atoms with van der Waals surface area (Å²) in [5.74, 6) is -2.39. The standard InChI is InChI=1S/C43H47FIN7O11S/c1-26-22-35(40(51(2)42(26)57)48-34-12-9-28(45)23-32(34)44)50-64(59,60)29-10-6-27(7-11-29)8-14-37(53)46-16-17-61-18-19-62-20-21-63-25-39(55)47-33-5-3-4-30-31(33)24-52(43(30)58)36-13-15-38(54)49-41(36)56/h3-7,9-12,22-23,36,48,50H,8,13-21,24-25H2,1-2H3,(H,46,53)(H,47,55)(H,49,54,56). The summed E-state index contributed by atoms with van der Waals surface area (Å²) in [4.78, 5) is 76.0. The lowest BCUT2D eigenvalue weighted by molar-refractivity contribution is -0.137. The highest BCUT2D eigenvalue weighted by atomic mass is 127. The van der Waals surface area contributed by atoms with E-state index < -0.39 is 33.7 Å². The Hall–Kier alpha value is -5.75. The van der Waals surface area contributed by atoms with Gasteiger partial charge in [-0.1, -0.05) is 18.2 Å². The van der Waals surface area contributed by atoms with Gasteiger partial charge in [-0.25, -0.2) is 12.8 Å². The van der Waals surface area contributed by atoms with Crippen molar-refractivity contribution in [1.82, 2.24) is 20.1 Å². The number of ether oxygens (including phenoxy) is 3. The maximum atomic E-state index is 14.7. The number of hydrogen-bond acceptors (Lipinski definition) is 12. The molecule has 4 aromatic rings. The highest BCUT2D eigenvalue weighted by Crippen LogP contribution is 2.33. The van der Waals surface area contributed by atoms with E-state index in [1.807, 2.05) is 22.6 Å². The molecule has 1 fully saturated rings. The van der Waals surface area contributed by atoms with Crippen LogP contribution in [-0.4, -0.2) is 99.6 Å². The number of halogens is 2. The molecule has 0 aliphatic carbocycles. The maximum absolute atomic E-state index is 14.7. The molecule has 5 amide bonds. The second kappa shape index (κ2) is 21.8. The van der Waals surface area contributed by atoms with Crippen LogP contribution < -0.4 is 31.5 Å². The van der Waals surface area contributed by atoms with Crippen molar-refractivity contribution in [2.75, 3.05) is 61.5 Å². The zero-order chi connectivity index (χ0) is 46.0. The summed E-state index contributed by atoms with van der Waals surface area (Å²) < 4.78 is 62.3. The van der Waals surface area contributed by atoms with Crippen molar-refractivity contribution in [3.63, 3.8) is 0 Å². The number of piperidine rings is 1. The molecule has 0 bridgehead atoms.